The average molecular weight is 238 g/mol. The van der Waals surface area contributed by atoms with Crippen LogP contribution in [0.1, 0.15) is 50.8 Å². The van der Waals surface area contributed by atoms with Gasteiger partial charge in [0.05, 0.1) is 12.7 Å². The van der Waals surface area contributed by atoms with Crippen molar-refractivity contribution in [2.75, 3.05) is 0 Å². The lowest BCUT2D eigenvalue weighted by Crippen LogP contribution is -2.08. The van der Waals surface area contributed by atoms with Crippen molar-refractivity contribution in [3.63, 3.8) is 0 Å². The van der Waals surface area contributed by atoms with Gasteiger partial charge in [-0.05, 0) is 36.0 Å². The van der Waals surface area contributed by atoms with Crippen LogP contribution >= 0.6 is 0 Å². The summed E-state index contributed by atoms with van der Waals surface area (Å²) in [4.78, 5) is 0. The predicted octanol–water partition coefficient (Wildman–Crippen LogP) is 2.74. The van der Waals surface area contributed by atoms with Crippen molar-refractivity contribution < 1.29 is 15.3 Å². The molecule has 0 spiro atoms. The Hall–Kier alpha value is -1.06. The summed E-state index contributed by atoms with van der Waals surface area (Å²) in [7, 11) is 0. The van der Waals surface area contributed by atoms with Gasteiger partial charge in [-0.25, -0.2) is 0 Å². The smallest absolute Gasteiger partial charge is 0.121 e. The first-order valence-corrected chi connectivity index (χ1v) is 5.94. The standard InChI is InChI=1S/C14H22O3/c1-14(2,3)7-6-13(17)10-4-5-12(16)11(8-10)9-15/h4-5,8,13,15-17H,6-7,9H2,1-3H3/t13-/m0/s1. The molecule has 1 rings (SSSR count). The van der Waals surface area contributed by atoms with Crippen LogP contribution in [0.2, 0.25) is 0 Å². The maximum Gasteiger partial charge on any atom is 0.121 e. The van der Waals surface area contributed by atoms with E-state index in [1.165, 1.54) is 6.07 Å². The minimum absolute atomic E-state index is 0.0688. The van der Waals surface area contributed by atoms with Crippen molar-refractivity contribution in [1.82, 2.24) is 0 Å². The minimum Gasteiger partial charge on any atom is -0.508 e. The van der Waals surface area contributed by atoms with Crippen molar-refractivity contribution in [3.05, 3.63) is 29.3 Å². The molecule has 0 saturated heterocycles. The van der Waals surface area contributed by atoms with Crippen molar-refractivity contribution in [2.45, 2.75) is 46.3 Å². The van der Waals surface area contributed by atoms with E-state index in [1.54, 1.807) is 12.1 Å². The van der Waals surface area contributed by atoms with Crippen LogP contribution in [0.5, 0.6) is 5.75 Å². The molecule has 0 radical (unpaired) electrons. The molecule has 1 aromatic rings. The Morgan fingerprint density at radius 3 is 2.41 bits per heavy atom. The first-order valence-electron chi connectivity index (χ1n) is 5.94. The molecule has 3 N–H and O–H groups in total. The fraction of sp³-hybridized carbons (Fsp3) is 0.571. The van der Waals surface area contributed by atoms with Gasteiger partial charge in [-0.3, -0.25) is 0 Å². The molecule has 1 aromatic carbocycles. The lowest BCUT2D eigenvalue weighted by Gasteiger charge is -2.20. The van der Waals surface area contributed by atoms with E-state index in [-0.39, 0.29) is 17.8 Å². The van der Waals surface area contributed by atoms with E-state index in [1.807, 2.05) is 0 Å². The third-order valence-corrected chi connectivity index (χ3v) is 2.83. The van der Waals surface area contributed by atoms with Gasteiger partial charge in [0.15, 0.2) is 0 Å². The molecule has 0 aliphatic rings. The second-order valence-corrected chi connectivity index (χ2v) is 5.66. The first kappa shape index (κ1) is 14.0. The van der Waals surface area contributed by atoms with Gasteiger partial charge in [0.2, 0.25) is 0 Å². The number of hydrogen-bond donors (Lipinski definition) is 3. The maximum atomic E-state index is 10.0. The average Bonchev–Trinajstić information content (AvgIpc) is 2.25. The zero-order chi connectivity index (χ0) is 13.1. The fourth-order valence-electron chi connectivity index (χ4n) is 1.68. The SMILES string of the molecule is CC(C)(C)CC[C@H](O)c1ccc(O)c(CO)c1. The van der Waals surface area contributed by atoms with Gasteiger partial charge in [-0.1, -0.05) is 26.8 Å². The summed E-state index contributed by atoms with van der Waals surface area (Å²) in [5, 5.41) is 28.5. The van der Waals surface area contributed by atoms with E-state index in [4.69, 9.17) is 5.11 Å². The third kappa shape index (κ3) is 4.36. The maximum absolute atomic E-state index is 10.0. The van der Waals surface area contributed by atoms with Crippen LogP contribution in [-0.2, 0) is 6.61 Å². The quantitative estimate of drug-likeness (QED) is 0.756. The molecule has 0 aliphatic heterocycles. The Kier molecular flexibility index (Phi) is 4.54. The zero-order valence-electron chi connectivity index (χ0n) is 10.8. The highest BCUT2D eigenvalue weighted by Gasteiger charge is 2.15. The fourth-order valence-corrected chi connectivity index (χ4v) is 1.68. The molecule has 0 heterocycles. The van der Waals surface area contributed by atoms with Crippen LogP contribution in [0.3, 0.4) is 0 Å². The molecule has 0 unspecified atom stereocenters. The van der Waals surface area contributed by atoms with Gasteiger partial charge in [0.1, 0.15) is 5.75 Å². The van der Waals surface area contributed by atoms with E-state index in [2.05, 4.69) is 20.8 Å². The summed E-state index contributed by atoms with van der Waals surface area (Å²) in [5.41, 5.74) is 1.39. The predicted molar refractivity (Wildman–Crippen MR) is 67.7 cm³/mol. The summed E-state index contributed by atoms with van der Waals surface area (Å²) < 4.78 is 0. The molecular weight excluding hydrogens is 216 g/mol. The van der Waals surface area contributed by atoms with Crippen molar-refractivity contribution in [1.29, 1.82) is 0 Å². The van der Waals surface area contributed by atoms with Gasteiger partial charge in [-0.15, -0.1) is 0 Å². The third-order valence-electron chi connectivity index (χ3n) is 2.83. The summed E-state index contributed by atoms with van der Waals surface area (Å²) >= 11 is 0. The molecule has 1 atom stereocenters. The number of hydrogen-bond acceptors (Lipinski definition) is 3. The Labute approximate surface area is 103 Å². The molecule has 96 valence electrons. The number of aliphatic hydroxyl groups excluding tert-OH is 2. The van der Waals surface area contributed by atoms with Crippen LogP contribution in [0.15, 0.2) is 18.2 Å². The summed E-state index contributed by atoms with van der Waals surface area (Å²) in [6, 6.07) is 4.87. The van der Waals surface area contributed by atoms with Gasteiger partial charge in [0.25, 0.3) is 0 Å². The van der Waals surface area contributed by atoms with E-state index < -0.39 is 6.10 Å². The van der Waals surface area contributed by atoms with Crippen LogP contribution in [0.4, 0.5) is 0 Å². The van der Waals surface area contributed by atoms with E-state index in [9.17, 15) is 10.2 Å². The number of aromatic hydroxyl groups is 1. The number of benzene rings is 1. The molecule has 0 aliphatic carbocycles. The Morgan fingerprint density at radius 2 is 1.88 bits per heavy atom. The van der Waals surface area contributed by atoms with Gasteiger partial charge < -0.3 is 15.3 Å². The second kappa shape index (κ2) is 5.52. The normalized spacial score (nSPS) is 13.7. The Bertz CT molecular complexity index is 366. The van der Waals surface area contributed by atoms with Crippen LogP contribution in [0.25, 0.3) is 0 Å². The summed E-state index contributed by atoms with van der Waals surface area (Å²) in [5.74, 6) is 0.0688. The lowest BCUT2D eigenvalue weighted by molar-refractivity contribution is 0.147. The molecule has 17 heavy (non-hydrogen) atoms. The van der Waals surface area contributed by atoms with Crippen LogP contribution in [0, 0.1) is 5.41 Å². The first-order chi connectivity index (χ1) is 7.83. The van der Waals surface area contributed by atoms with Gasteiger partial charge >= 0.3 is 0 Å². The minimum atomic E-state index is -0.542. The second-order valence-electron chi connectivity index (χ2n) is 5.66. The molecular formula is C14H22O3. The Morgan fingerprint density at radius 1 is 1.24 bits per heavy atom. The molecule has 3 nitrogen and oxygen atoms in total. The van der Waals surface area contributed by atoms with Crippen LogP contribution < -0.4 is 0 Å². The summed E-state index contributed by atoms with van der Waals surface area (Å²) in [6.07, 6.45) is 1.06. The van der Waals surface area contributed by atoms with Crippen LogP contribution in [-0.4, -0.2) is 15.3 Å². The number of rotatable bonds is 4. The molecule has 0 fully saturated rings. The number of phenols is 1. The van der Waals surface area contributed by atoms with Crippen molar-refractivity contribution in [3.8, 4) is 5.75 Å². The lowest BCUT2D eigenvalue weighted by atomic mass is 9.88. The zero-order valence-corrected chi connectivity index (χ0v) is 10.8. The van der Waals surface area contributed by atoms with Gasteiger partial charge in [0, 0.05) is 5.56 Å². The molecule has 0 aromatic heterocycles. The highest BCUT2D eigenvalue weighted by molar-refractivity contribution is 5.36. The van der Waals surface area contributed by atoms with Crippen molar-refractivity contribution in [2.24, 2.45) is 5.41 Å². The number of aliphatic hydroxyl groups is 2. The Balaban J connectivity index is 2.72. The van der Waals surface area contributed by atoms with Gasteiger partial charge in [-0.2, -0.15) is 0 Å². The molecule has 0 amide bonds. The van der Waals surface area contributed by atoms with E-state index in [0.717, 1.165) is 12.0 Å². The monoisotopic (exact) mass is 238 g/mol. The topological polar surface area (TPSA) is 60.7 Å². The largest absolute Gasteiger partial charge is 0.508 e. The summed E-state index contributed by atoms with van der Waals surface area (Å²) in [6.45, 7) is 6.19. The highest BCUT2D eigenvalue weighted by atomic mass is 16.3. The molecule has 3 heteroatoms. The van der Waals surface area contributed by atoms with E-state index in [0.29, 0.717) is 12.0 Å². The highest BCUT2D eigenvalue weighted by Crippen LogP contribution is 2.29. The van der Waals surface area contributed by atoms with E-state index >= 15 is 0 Å². The van der Waals surface area contributed by atoms with Crippen molar-refractivity contribution >= 4 is 0 Å². The molecule has 0 saturated carbocycles. The molecule has 0 bridgehead atoms.